The number of rotatable bonds is 2. The van der Waals surface area contributed by atoms with Crippen molar-refractivity contribution in [1.82, 2.24) is 15.4 Å². The van der Waals surface area contributed by atoms with Crippen LogP contribution in [-0.2, 0) is 0 Å². The largest absolute Gasteiger partial charge is 0.339 e. The molecule has 0 aliphatic heterocycles. The van der Waals surface area contributed by atoms with Crippen molar-refractivity contribution in [2.45, 2.75) is 0 Å². The number of nitrogens with zero attached hydrogens (tertiary/aromatic N) is 1. The van der Waals surface area contributed by atoms with Crippen LogP contribution in [0.3, 0.4) is 0 Å². The third-order valence-electron chi connectivity index (χ3n) is 1.13. The summed E-state index contributed by atoms with van der Waals surface area (Å²) in [5, 5.41) is 0. The van der Waals surface area contributed by atoms with Gasteiger partial charge in [0.15, 0.2) is 11.5 Å². The van der Waals surface area contributed by atoms with E-state index in [1.54, 1.807) is 0 Å². The highest BCUT2D eigenvalue weighted by molar-refractivity contribution is 5.96. The quantitative estimate of drug-likeness (QED) is 0.198. The normalized spacial score (nSPS) is 9.27. The number of nitrogen functional groups attached to an aromatic ring is 2. The third kappa shape index (κ3) is 1.28. The number of nitrogens with one attached hydrogen (secondary N) is 3. The first-order valence-electron chi connectivity index (χ1n) is 2.80. The van der Waals surface area contributed by atoms with Crippen molar-refractivity contribution in [2.75, 3.05) is 5.43 Å². The Morgan fingerprint density at radius 3 is 2.91 bits per heavy atom. The first-order chi connectivity index (χ1) is 5.29. The first-order valence-corrected chi connectivity index (χ1v) is 2.80. The van der Waals surface area contributed by atoms with Gasteiger partial charge < -0.3 is 10.4 Å². The van der Waals surface area contributed by atoms with Crippen molar-refractivity contribution in [3.05, 3.63) is 12.0 Å². The van der Waals surface area contributed by atoms with Crippen molar-refractivity contribution in [1.29, 1.82) is 0 Å². The Labute approximate surface area is 62.1 Å². The van der Waals surface area contributed by atoms with E-state index in [2.05, 4.69) is 15.4 Å². The fourth-order valence-electron chi connectivity index (χ4n) is 0.649. The summed E-state index contributed by atoms with van der Waals surface area (Å²) in [4.78, 5) is 17.1. The van der Waals surface area contributed by atoms with Gasteiger partial charge >= 0.3 is 0 Å². The number of imidazole rings is 1. The van der Waals surface area contributed by atoms with E-state index in [4.69, 9.17) is 11.7 Å². The Morgan fingerprint density at radius 2 is 2.36 bits per heavy atom. The molecule has 1 heterocycles. The van der Waals surface area contributed by atoms with Crippen LogP contribution in [0.4, 0.5) is 5.82 Å². The van der Waals surface area contributed by atoms with Crippen LogP contribution < -0.4 is 22.5 Å². The van der Waals surface area contributed by atoms with Crippen molar-refractivity contribution in [3.63, 3.8) is 0 Å². The van der Waals surface area contributed by atoms with Gasteiger partial charge in [-0.15, -0.1) is 0 Å². The molecule has 0 spiro atoms. The molecule has 1 amide bonds. The summed E-state index contributed by atoms with van der Waals surface area (Å²) in [6.45, 7) is 0. The minimum Gasteiger partial charge on any atom is -0.339 e. The lowest BCUT2D eigenvalue weighted by atomic mass is 10.4. The molecule has 1 aromatic rings. The molecule has 7 nitrogen and oxygen atoms in total. The van der Waals surface area contributed by atoms with E-state index in [-0.39, 0.29) is 11.5 Å². The molecule has 60 valence electrons. The number of aromatic amines is 1. The van der Waals surface area contributed by atoms with E-state index in [1.165, 1.54) is 6.33 Å². The number of hydrogen-bond acceptors (Lipinski definition) is 5. The highest BCUT2D eigenvalue weighted by Crippen LogP contribution is 2.05. The molecule has 0 fully saturated rings. The SMILES string of the molecule is NNC(=O)c1[nH]cnc1NN. The fourth-order valence-corrected chi connectivity index (χ4v) is 0.649. The molecular weight excluding hydrogens is 148 g/mol. The van der Waals surface area contributed by atoms with E-state index in [0.29, 0.717) is 0 Å². The van der Waals surface area contributed by atoms with Gasteiger partial charge in [-0.2, -0.15) is 0 Å². The highest BCUT2D eigenvalue weighted by atomic mass is 16.2. The maximum Gasteiger partial charge on any atom is 0.285 e. The standard InChI is InChI=1S/C4H8N6O/c5-9-3-2(4(11)10-6)7-1-8-3/h1,9H,5-6H2,(H,7,8)(H,10,11). The van der Waals surface area contributed by atoms with Crippen LogP contribution in [-0.4, -0.2) is 15.9 Å². The predicted octanol–water partition coefficient (Wildman–Crippen LogP) is -1.70. The number of H-pyrrole nitrogens is 1. The van der Waals surface area contributed by atoms with Gasteiger partial charge in [-0.05, 0) is 0 Å². The van der Waals surface area contributed by atoms with Gasteiger partial charge in [0.05, 0.1) is 6.33 Å². The van der Waals surface area contributed by atoms with E-state index in [9.17, 15) is 4.79 Å². The Kier molecular flexibility index (Phi) is 2.04. The summed E-state index contributed by atoms with van der Waals surface area (Å²) in [7, 11) is 0. The number of carbonyl (C=O) groups is 1. The molecule has 0 aliphatic rings. The number of amides is 1. The topological polar surface area (TPSA) is 122 Å². The molecule has 1 rings (SSSR count). The predicted molar refractivity (Wildman–Crippen MR) is 38.1 cm³/mol. The molecule has 0 bridgehead atoms. The second kappa shape index (κ2) is 2.99. The van der Waals surface area contributed by atoms with E-state index >= 15 is 0 Å². The molecule has 7 N–H and O–H groups in total. The van der Waals surface area contributed by atoms with Crippen LogP contribution in [0.5, 0.6) is 0 Å². The Balaban J connectivity index is 2.92. The molecule has 1 aromatic heterocycles. The molecular formula is C4H8N6O. The highest BCUT2D eigenvalue weighted by Gasteiger charge is 2.10. The van der Waals surface area contributed by atoms with Crippen LogP contribution in [0, 0.1) is 0 Å². The molecule has 0 aliphatic carbocycles. The third-order valence-corrected chi connectivity index (χ3v) is 1.13. The zero-order chi connectivity index (χ0) is 8.27. The Hall–Kier alpha value is -1.60. The van der Waals surface area contributed by atoms with Gasteiger partial charge in [-0.3, -0.25) is 10.2 Å². The maximum absolute atomic E-state index is 10.9. The number of anilines is 1. The summed E-state index contributed by atoms with van der Waals surface area (Å²) < 4.78 is 0. The van der Waals surface area contributed by atoms with E-state index < -0.39 is 5.91 Å². The van der Waals surface area contributed by atoms with Crippen LogP contribution in [0.25, 0.3) is 0 Å². The average molecular weight is 156 g/mol. The zero-order valence-electron chi connectivity index (χ0n) is 5.59. The van der Waals surface area contributed by atoms with Crippen molar-refractivity contribution in [2.24, 2.45) is 11.7 Å². The number of carbonyl (C=O) groups excluding carboxylic acids is 1. The summed E-state index contributed by atoms with van der Waals surface area (Å²) >= 11 is 0. The van der Waals surface area contributed by atoms with Crippen LogP contribution in [0.1, 0.15) is 10.5 Å². The van der Waals surface area contributed by atoms with Crippen molar-refractivity contribution in [3.8, 4) is 0 Å². The Bertz CT molecular complexity index is 255. The number of hydrogen-bond donors (Lipinski definition) is 5. The van der Waals surface area contributed by atoms with E-state index in [0.717, 1.165) is 0 Å². The van der Waals surface area contributed by atoms with Crippen LogP contribution in [0.2, 0.25) is 0 Å². The van der Waals surface area contributed by atoms with E-state index in [1.807, 2.05) is 5.43 Å². The fraction of sp³-hybridized carbons (Fsp3) is 0. The van der Waals surface area contributed by atoms with Crippen LogP contribution >= 0.6 is 0 Å². The number of hydrazine groups is 2. The second-order valence-corrected chi connectivity index (χ2v) is 1.74. The summed E-state index contributed by atoms with van der Waals surface area (Å²) in [5.74, 6) is 9.69. The van der Waals surface area contributed by atoms with Crippen LogP contribution in [0.15, 0.2) is 6.33 Å². The van der Waals surface area contributed by atoms with Gasteiger partial charge in [0.25, 0.3) is 5.91 Å². The second-order valence-electron chi connectivity index (χ2n) is 1.74. The molecule has 0 aromatic carbocycles. The summed E-state index contributed by atoms with van der Waals surface area (Å²) in [5.41, 5.74) is 4.37. The maximum atomic E-state index is 10.9. The average Bonchev–Trinajstić information content (AvgIpc) is 2.50. The minimum absolute atomic E-state index is 0.204. The molecule has 0 saturated heterocycles. The lowest BCUT2D eigenvalue weighted by Crippen LogP contribution is -2.31. The van der Waals surface area contributed by atoms with Gasteiger partial charge in [0.1, 0.15) is 0 Å². The molecule has 0 saturated carbocycles. The van der Waals surface area contributed by atoms with Gasteiger partial charge in [0, 0.05) is 0 Å². The van der Waals surface area contributed by atoms with Crippen molar-refractivity contribution >= 4 is 11.7 Å². The lowest BCUT2D eigenvalue weighted by Gasteiger charge is -1.98. The van der Waals surface area contributed by atoms with Gasteiger partial charge in [0.2, 0.25) is 0 Å². The Morgan fingerprint density at radius 1 is 1.64 bits per heavy atom. The van der Waals surface area contributed by atoms with Crippen molar-refractivity contribution < 1.29 is 4.79 Å². The smallest absolute Gasteiger partial charge is 0.285 e. The summed E-state index contributed by atoms with van der Waals surface area (Å²) in [6, 6.07) is 0. The van der Waals surface area contributed by atoms with Gasteiger partial charge in [-0.25, -0.2) is 16.7 Å². The van der Waals surface area contributed by atoms with Gasteiger partial charge in [-0.1, -0.05) is 0 Å². The zero-order valence-corrected chi connectivity index (χ0v) is 5.59. The minimum atomic E-state index is -0.476. The number of aromatic nitrogens is 2. The molecule has 11 heavy (non-hydrogen) atoms. The molecule has 0 unspecified atom stereocenters. The lowest BCUT2D eigenvalue weighted by molar-refractivity contribution is 0.0950. The first kappa shape index (κ1) is 7.51. The number of nitrogens with two attached hydrogens (primary N) is 2. The summed E-state index contributed by atoms with van der Waals surface area (Å²) in [6.07, 6.45) is 1.33. The molecule has 0 atom stereocenters. The molecule has 0 radical (unpaired) electrons. The molecule has 7 heteroatoms. The monoisotopic (exact) mass is 156 g/mol.